The van der Waals surface area contributed by atoms with E-state index in [1.54, 1.807) is 0 Å². The molecule has 0 radical (unpaired) electrons. The lowest BCUT2D eigenvalue weighted by Crippen LogP contribution is -2.48. The number of hydrogen-bond acceptors (Lipinski definition) is 3. The Morgan fingerprint density at radius 3 is 2.33 bits per heavy atom. The van der Waals surface area contributed by atoms with Crippen LogP contribution in [0.3, 0.4) is 0 Å². The number of nitrogens with zero attached hydrogens (tertiary/aromatic N) is 2. The molecule has 2 aromatic rings. The van der Waals surface area contributed by atoms with Gasteiger partial charge in [-0.1, -0.05) is 34.1 Å². The molecule has 0 unspecified atom stereocenters. The number of piperidine rings is 2. The number of hydrogen-bond donors (Lipinski definition) is 0. The van der Waals surface area contributed by atoms with Crippen molar-refractivity contribution in [2.75, 3.05) is 32.8 Å². The van der Waals surface area contributed by atoms with E-state index in [9.17, 15) is 4.79 Å². The van der Waals surface area contributed by atoms with Crippen LogP contribution in [0.5, 0.6) is 5.75 Å². The fourth-order valence-electron chi connectivity index (χ4n) is 4.84. The summed E-state index contributed by atoms with van der Waals surface area (Å²) in [5.41, 5.74) is 2.47. The number of amides is 1. The van der Waals surface area contributed by atoms with Crippen molar-refractivity contribution in [3.8, 4) is 5.75 Å². The van der Waals surface area contributed by atoms with Gasteiger partial charge in [0, 0.05) is 35.2 Å². The van der Waals surface area contributed by atoms with Gasteiger partial charge < -0.3 is 9.64 Å². The normalized spacial score (nSPS) is 19.1. The molecular formula is C25H31BrN2O2. The molecule has 2 aromatic carbocycles. The van der Waals surface area contributed by atoms with Gasteiger partial charge in [0.25, 0.3) is 5.91 Å². The minimum absolute atomic E-state index is 0.181. The van der Waals surface area contributed by atoms with E-state index in [-0.39, 0.29) is 5.91 Å². The van der Waals surface area contributed by atoms with E-state index >= 15 is 0 Å². The average Bonchev–Trinajstić information content (AvgIpc) is 2.78. The number of ether oxygens (including phenoxy) is 1. The molecule has 0 aliphatic carbocycles. The lowest BCUT2D eigenvalue weighted by Gasteiger charge is -2.47. The van der Waals surface area contributed by atoms with Gasteiger partial charge in [-0.05, 0) is 81.4 Å². The van der Waals surface area contributed by atoms with Crippen molar-refractivity contribution >= 4 is 21.8 Å². The summed E-state index contributed by atoms with van der Waals surface area (Å²) >= 11 is 3.60. The van der Waals surface area contributed by atoms with E-state index in [0.29, 0.717) is 12.0 Å². The van der Waals surface area contributed by atoms with Gasteiger partial charge in [0.2, 0.25) is 0 Å². The van der Waals surface area contributed by atoms with Gasteiger partial charge >= 0.3 is 0 Å². The van der Waals surface area contributed by atoms with Crippen LogP contribution < -0.4 is 4.74 Å². The minimum atomic E-state index is 0.181. The third kappa shape index (κ3) is 4.89. The second-order valence-electron chi connectivity index (χ2n) is 8.62. The molecule has 160 valence electrons. The van der Waals surface area contributed by atoms with Crippen molar-refractivity contribution in [2.24, 2.45) is 5.41 Å². The van der Waals surface area contributed by atoms with Gasteiger partial charge in [-0.2, -0.15) is 0 Å². The first kappa shape index (κ1) is 21.4. The van der Waals surface area contributed by atoms with E-state index in [1.807, 2.05) is 48.2 Å². The van der Waals surface area contributed by atoms with E-state index < -0.39 is 0 Å². The Morgan fingerprint density at radius 1 is 1.00 bits per heavy atom. The molecule has 0 bridgehead atoms. The first-order valence-electron chi connectivity index (χ1n) is 11.1. The fourth-order valence-corrected chi connectivity index (χ4v) is 5.25. The Balaban J connectivity index is 1.31. The molecule has 0 saturated carbocycles. The van der Waals surface area contributed by atoms with Crippen LogP contribution >= 0.6 is 15.9 Å². The second kappa shape index (κ2) is 9.52. The fraction of sp³-hybridized carbons (Fsp3) is 0.480. The highest BCUT2D eigenvalue weighted by atomic mass is 79.9. The lowest BCUT2D eigenvalue weighted by atomic mass is 9.71. The van der Waals surface area contributed by atoms with Crippen LogP contribution in [0, 0.1) is 5.41 Å². The molecule has 2 heterocycles. The number of rotatable bonds is 5. The zero-order valence-corrected chi connectivity index (χ0v) is 19.4. The quantitative estimate of drug-likeness (QED) is 0.588. The Kier molecular flexibility index (Phi) is 6.79. The summed E-state index contributed by atoms with van der Waals surface area (Å²) in [5.74, 6) is 1.18. The first-order valence-corrected chi connectivity index (χ1v) is 11.9. The molecule has 0 aromatic heterocycles. The molecule has 30 heavy (non-hydrogen) atoms. The number of benzene rings is 2. The van der Waals surface area contributed by atoms with Crippen molar-refractivity contribution in [3.63, 3.8) is 0 Å². The van der Waals surface area contributed by atoms with E-state index in [2.05, 4.69) is 33.0 Å². The highest BCUT2D eigenvalue weighted by Crippen LogP contribution is 2.42. The highest BCUT2D eigenvalue weighted by molar-refractivity contribution is 9.10. The monoisotopic (exact) mass is 470 g/mol. The number of likely N-dealkylation sites (tertiary alicyclic amines) is 2. The smallest absolute Gasteiger partial charge is 0.253 e. The summed E-state index contributed by atoms with van der Waals surface area (Å²) in [6.45, 7) is 7.65. The largest absolute Gasteiger partial charge is 0.494 e. The summed E-state index contributed by atoms with van der Waals surface area (Å²) in [4.78, 5) is 17.3. The van der Waals surface area contributed by atoms with Crippen LogP contribution in [0.4, 0.5) is 0 Å². The average molecular weight is 471 g/mol. The predicted molar refractivity (Wildman–Crippen MR) is 124 cm³/mol. The maximum absolute atomic E-state index is 12.7. The Hall–Kier alpha value is -1.85. The highest BCUT2D eigenvalue weighted by Gasteiger charge is 2.38. The zero-order valence-electron chi connectivity index (χ0n) is 17.8. The predicted octanol–water partition coefficient (Wildman–Crippen LogP) is 5.37. The second-order valence-corrected chi connectivity index (χ2v) is 9.54. The summed E-state index contributed by atoms with van der Waals surface area (Å²) in [6, 6.07) is 16.0. The molecule has 2 aliphatic rings. The molecule has 2 aliphatic heterocycles. The van der Waals surface area contributed by atoms with Gasteiger partial charge in [0.15, 0.2) is 0 Å². The molecule has 4 rings (SSSR count). The van der Waals surface area contributed by atoms with Gasteiger partial charge in [0.05, 0.1) is 6.61 Å². The number of carbonyl (C=O) groups is 1. The first-order chi connectivity index (χ1) is 14.6. The molecule has 2 fully saturated rings. The van der Waals surface area contributed by atoms with Crippen LogP contribution in [-0.2, 0) is 6.54 Å². The van der Waals surface area contributed by atoms with Crippen molar-refractivity contribution in [1.29, 1.82) is 0 Å². The topological polar surface area (TPSA) is 32.8 Å². The maximum Gasteiger partial charge on any atom is 0.253 e. The molecule has 0 atom stereocenters. The summed E-state index contributed by atoms with van der Waals surface area (Å²) in [7, 11) is 0. The van der Waals surface area contributed by atoms with E-state index in [4.69, 9.17) is 4.74 Å². The van der Waals surface area contributed by atoms with Gasteiger partial charge in [0.1, 0.15) is 5.75 Å². The Bertz CT molecular complexity index is 853. The van der Waals surface area contributed by atoms with E-state index in [1.165, 1.54) is 18.4 Å². The van der Waals surface area contributed by atoms with Gasteiger partial charge in [-0.3, -0.25) is 9.69 Å². The van der Waals surface area contributed by atoms with Crippen molar-refractivity contribution in [2.45, 2.75) is 39.2 Å². The minimum Gasteiger partial charge on any atom is -0.494 e. The van der Waals surface area contributed by atoms with E-state index in [0.717, 1.165) is 61.4 Å². The number of halogens is 1. The van der Waals surface area contributed by atoms with Crippen LogP contribution in [-0.4, -0.2) is 48.5 Å². The van der Waals surface area contributed by atoms with Gasteiger partial charge in [-0.15, -0.1) is 0 Å². The molecule has 1 spiro atoms. The van der Waals surface area contributed by atoms with Crippen molar-refractivity contribution < 1.29 is 9.53 Å². The Labute approximate surface area is 188 Å². The number of carbonyl (C=O) groups excluding carboxylic acids is 1. The molecule has 0 N–H and O–H groups in total. The summed E-state index contributed by atoms with van der Waals surface area (Å²) < 4.78 is 6.93. The van der Waals surface area contributed by atoms with Crippen LogP contribution in [0.2, 0.25) is 0 Å². The summed E-state index contributed by atoms with van der Waals surface area (Å²) in [6.07, 6.45) is 4.69. The lowest BCUT2D eigenvalue weighted by molar-refractivity contribution is 0.0283. The molecule has 4 nitrogen and oxygen atoms in total. The van der Waals surface area contributed by atoms with Crippen LogP contribution in [0.15, 0.2) is 53.0 Å². The molecule has 1 amide bonds. The van der Waals surface area contributed by atoms with Gasteiger partial charge in [-0.25, -0.2) is 0 Å². The van der Waals surface area contributed by atoms with Crippen LogP contribution in [0.25, 0.3) is 0 Å². The van der Waals surface area contributed by atoms with Crippen LogP contribution in [0.1, 0.15) is 48.5 Å². The summed E-state index contributed by atoms with van der Waals surface area (Å²) in [5, 5.41) is 0. The molecule has 2 saturated heterocycles. The molecule has 5 heteroatoms. The standard InChI is InChI=1S/C25H31BrN2O2/c1-2-30-23-9-8-22(26)18-21(23)19-27-14-10-25(11-15-27)12-16-28(17-13-25)24(29)20-6-4-3-5-7-20/h3-9,18H,2,10-17,19H2,1H3. The zero-order chi connectivity index (χ0) is 21.0. The SMILES string of the molecule is CCOc1ccc(Br)cc1CN1CCC2(CC1)CCN(C(=O)c1ccccc1)CC2. The third-order valence-electron chi connectivity index (χ3n) is 6.77. The van der Waals surface area contributed by atoms with Crippen molar-refractivity contribution in [3.05, 3.63) is 64.1 Å². The maximum atomic E-state index is 12.7. The van der Waals surface area contributed by atoms with Crippen molar-refractivity contribution in [1.82, 2.24) is 9.80 Å². The Morgan fingerprint density at radius 2 is 1.67 bits per heavy atom. The third-order valence-corrected chi connectivity index (χ3v) is 7.26. The molecular weight excluding hydrogens is 440 g/mol.